The van der Waals surface area contributed by atoms with Gasteiger partial charge in [-0.3, -0.25) is 4.79 Å². The summed E-state index contributed by atoms with van der Waals surface area (Å²) in [7, 11) is 1.61. The van der Waals surface area contributed by atoms with Crippen LogP contribution in [0.15, 0.2) is 42.6 Å². The van der Waals surface area contributed by atoms with Crippen LogP contribution in [-0.4, -0.2) is 28.8 Å². The number of benzene rings is 1. The Labute approximate surface area is 111 Å². The Morgan fingerprint density at radius 3 is 2.89 bits per heavy atom. The molecule has 2 rings (SSSR count). The summed E-state index contributed by atoms with van der Waals surface area (Å²) in [4.78, 5) is 10.8. The summed E-state index contributed by atoms with van der Waals surface area (Å²) in [6, 6.07) is 10.4. The second-order valence-electron chi connectivity index (χ2n) is 4.22. The molecule has 0 aliphatic heterocycles. The molecule has 0 amide bonds. The lowest BCUT2D eigenvalue weighted by Crippen LogP contribution is -2.32. The molecule has 5 nitrogen and oxygen atoms in total. The molecule has 5 heteroatoms. The average Bonchev–Trinajstić information content (AvgIpc) is 2.86. The van der Waals surface area contributed by atoms with Crippen LogP contribution in [0, 0.1) is 0 Å². The first-order chi connectivity index (χ1) is 9.11. The number of nitrogens with two attached hydrogens (primary N) is 1. The SMILES string of the molecule is COc1cccc(-n2cccc2CC(N)C(=O)O)c1. The molecule has 0 aliphatic rings. The Morgan fingerprint density at radius 2 is 2.21 bits per heavy atom. The summed E-state index contributed by atoms with van der Waals surface area (Å²) in [5.74, 6) is -0.252. The molecule has 0 saturated heterocycles. The fourth-order valence-corrected chi connectivity index (χ4v) is 1.91. The molecule has 100 valence electrons. The van der Waals surface area contributed by atoms with Gasteiger partial charge in [0, 0.05) is 30.1 Å². The quantitative estimate of drug-likeness (QED) is 0.852. The summed E-state index contributed by atoms with van der Waals surface area (Å²) >= 11 is 0. The number of hydrogen-bond acceptors (Lipinski definition) is 3. The normalized spacial score (nSPS) is 12.1. The van der Waals surface area contributed by atoms with Crippen molar-refractivity contribution < 1.29 is 14.6 Å². The van der Waals surface area contributed by atoms with Crippen molar-refractivity contribution in [3.63, 3.8) is 0 Å². The summed E-state index contributed by atoms with van der Waals surface area (Å²) < 4.78 is 7.09. The van der Waals surface area contributed by atoms with Crippen LogP contribution in [0.3, 0.4) is 0 Å². The Hall–Kier alpha value is -2.27. The molecule has 1 aromatic heterocycles. The van der Waals surface area contributed by atoms with Gasteiger partial charge < -0.3 is 20.1 Å². The largest absolute Gasteiger partial charge is 0.497 e. The number of carboxylic acid groups (broad SMARTS) is 1. The Balaban J connectivity index is 2.30. The van der Waals surface area contributed by atoms with Crippen molar-refractivity contribution >= 4 is 5.97 Å². The van der Waals surface area contributed by atoms with Crippen LogP contribution in [-0.2, 0) is 11.2 Å². The van der Waals surface area contributed by atoms with Gasteiger partial charge in [-0.05, 0) is 24.3 Å². The second-order valence-corrected chi connectivity index (χ2v) is 4.22. The van der Waals surface area contributed by atoms with Crippen LogP contribution >= 0.6 is 0 Å². The number of methoxy groups -OCH3 is 1. The number of rotatable bonds is 5. The van der Waals surface area contributed by atoms with Crippen molar-refractivity contribution in [2.75, 3.05) is 7.11 Å². The van der Waals surface area contributed by atoms with Crippen molar-refractivity contribution in [1.82, 2.24) is 4.57 Å². The van der Waals surface area contributed by atoms with E-state index < -0.39 is 12.0 Å². The fourth-order valence-electron chi connectivity index (χ4n) is 1.91. The van der Waals surface area contributed by atoms with Crippen LogP contribution in [0.5, 0.6) is 5.75 Å². The Bertz CT molecular complexity index is 578. The van der Waals surface area contributed by atoms with Crippen molar-refractivity contribution in [3.05, 3.63) is 48.3 Å². The predicted molar refractivity (Wildman–Crippen MR) is 71.6 cm³/mol. The standard InChI is InChI=1S/C14H16N2O3/c1-19-12-6-2-4-10(8-12)16-7-3-5-11(16)9-13(15)14(17)18/h2-8,13H,9,15H2,1H3,(H,17,18). The summed E-state index contributed by atoms with van der Waals surface area (Å²) in [5.41, 5.74) is 7.34. The first kappa shape index (κ1) is 13.2. The highest BCUT2D eigenvalue weighted by molar-refractivity contribution is 5.73. The van der Waals surface area contributed by atoms with Gasteiger partial charge in [-0.1, -0.05) is 6.07 Å². The molecule has 1 atom stereocenters. The van der Waals surface area contributed by atoms with E-state index >= 15 is 0 Å². The molecule has 0 bridgehead atoms. The zero-order valence-electron chi connectivity index (χ0n) is 10.6. The number of carboxylic acids is 1. The second kappa shape index (κ2) is 5.58. The predicted octanol–water partition coefficient (Wildman–Crippen LogP) is 1.44. The molecule has 1 unspecified atom stereocenters. The lowest BCUT2D eigenvalue weighted by molar-refractivity contribution is -0.138. The lowest BCUT2D eigenvalue weighted by atomic mass is 10.1. The van der Waals surface area contributed by atoms with Crippen LogP contribution in [0.4, 0.5) is 0 Å². The van der Waals surface area contributed by atoms with Gasteiger partial charge in [0.2, 0.25) is 0 Å². The highest BCUT2D eigenvalue weighted by Crippen LogP contribution is 2.19. The smallest absolute Gasteiger partial charge is 0.320 e. The lowest BCUT2D eigenvalue weighted by Gasteiger charge is -2.12. The number of aliphatic carboxylic acids is 1. The number of aromatic nitrogens is 1. The van der Waals surface area contributed by atoms with E-state index in [9.17, 15) is 4.79 Å². The van der Waals surface area contributed by atoms with Crippen LogP contribution < -0.4 is 10.5 Å². The number of carbonyl (C=O) groups is 1. The first-order valence-electron chi connectivity index (χ1n) is 5.91. The summed E-state index contributed by atoms with van der Waals surface area (Å²) in [5, 5.41) is 8.87. The Morgan fingerprint density at radius 1 is 1.42 bits per heavy atom. The molecule has 2 aromatic rings. The van der Waals surface area contributed by atoms with Crippen molar-refractivity contribution in [2.24, 2.45) is 5.73 Å². The molecule has 0 saturated carbocycles. The van der Waals surface area contributed by atoms with Crippen molar-refractivity contribution in [3.8, 4) is 11.4 Å². The van der Waals surface area contributed by atoms with E-state index in [1.807, 2.05) is 47.2 Å². The van der Waals surface area contributed by atoms with E-state index in [0.29, 0.717) is 0 Å². The molecule has 0 spiro atoms. The maximum absolute atomic E-state index is 10.8. The monoisotopic (exact) mass is 260 g/mol. The van der Waals surface area contributed by atoms with E-state index in [4.69, 9.17) is 15.6 Å². The topological polar surface area (TPSA) is 77.5 Å². The molecule has 0 aliphatic carbocycles. The van der Waals surface area contributed by atoms with E-state index in [2.05, 4.69) is 0 Å². The maximum Gasteiger partial charge on any atom is 0.320 e. The molecular formula is C14H16N2O3. The van der Waals surface area contributed by atoms with E-state index in [1.54, 1.807) is 7.11 Å². The third-order valence-corrected chi connectivity index (χ3v) is 2.91. The number of hydrogen-bond donors (Lipinski definition) is 2. The van der Waals surface area contributed by atoms with Gasteiger partial charge in [0.25, 0.3) is 0 Å². The van der Waals surface area contributed by atoms with Gasteiger partial charge >= 0.3 is 5.97 Å². The van der Waals surface area contributed by atoms with Crippen molar-refractivity contribution in [1.29, 1.82) is 0 Å². The van der Waals surface area contributed by atoms with Gasteiger partial charge in [0.1, 0.15) is 11.8 Å². The minimum absolute atomic E-state index is 0.277. The van der Waals surface area contributed by atoms with E-state index in [-0.39, 0.29) is 6.42 Å². The minimum atomic E-state index is -1.00. The number of ether oxygens (including phenoxy) is 1. The molecule has 1 heterocycles. The number of nitrogens with zero attached hydrogens (tertiary/aromatic N) is 1. The zero-order chi connectivity index (χ0) is 13.8. The molecule has 0 radical (unpaired) electrons. The molecule has 1 aromatic carbocycles. The zero-order valence-corrected chi connectivity index (χ0v) is 10.6. The summed E-state index contributed by atoms with van der Waals surface area (Å²) in [6.07, 6.45) is 2.15. The highest BCUT2D eigenvalue weighted by atomic mass is 16.5. The molecule has 19 heavy (non-hydrogen) atoms. The van der Waals surface area contributed by atoms with Crippen LogP contribution in [0.25, 0.3) is 5.69 Å². The van der Waals surface area contributed by atoms with Crippen molar-refractivity contribution in [2.45, 2.75) is 12.5 Å². The summed E-state index contributed by atoms with van der Waals surface area (Å²) in [6.45, 7) is 0. The Kier molecular flexibility index (Phi) is 3.87. The first-order valence-corrected chi connectivity index (χ1v) is 5.91. The third-order valence-electron chi connectivity index (χ3n) is 2.91. The fraction of sp³-hybridized carbons (Fsp3) is 0.214. The minimum Gasteiger partial charge on any atom is -0.497 e. The van der Waals surface area contributed by atoms with Gasteiger partial charge in [-0.25, -0.2) is 0 Å². The van der Waals surface area contributed by atoms with Gasteiger partial charge in [-0.2, -0.15) is 0 Å². The van der Waals surface area contributed by atoms with E-state index in [1.165, 1.54) is 0 Å². The van der Waals surface area contributed by atoms with Gasteiger partial charge in [0.05, 0.1) is 7.11 Å². The third kappa shape index (κ3) is 2.95. The average molecular weight is 260 g/mol. The van der Waals surface area contributed by atoms with Crippen LogP contribution in [0.2, 0.25) is 0 Å². The van der Waals surface area contributed by atoms with Gasteiger partial charge in [0.15, 0.2) is 0 Å². The molecule has 3 N–H and O–H groups in total. The van der Waals surface area contributed by atoms with Crippen LogP contribution in [0.1, 0.15) is 5.69 Å². The molecular weight excluding hydrogens is 244 g/mol. The van der Waals surface area contributed by atoms with Gasteiger partial charge in [-0.15, -0.1) is 0 Å². The maximum atomic E-state index is 10.8. The molecule has 0 fully saturated rings. The highest BCUT2D eigenvalue weighted by Gasteiger charge is 2.15. The van der Waals surface area contributed by atoms with E-state index in [0.717, 1.165) is 17.1 Å².